The molecule has 10 heteroatoms. The molecule has 0 amide bonds. The van der Waals surface area contributed by atoms with Crippen LogP contribution in [-0.4, -0.2) is 55.3 Å². The Kier molecular flexibility index (Phi) is 5.40. The highest BCUT2D eigenvalue weighted by atomic mass is 16.5. The number of imidazole rings is 1. The topological polar surface area (TPSA) is 129 Å². The van der Waals surface area contributed by atoms with Crippen LogP contribution in [0.1, 0.15) is 54.6 Å². The monoisotopic (exact) mass is 364 g/mol. The van der Waals surface area contributed by atoms with Crippen LogP contribution < -0.4 is 11.4 Å². The molecule has 1 aliphatic rings. The Morgan fingerprint density at radius 2 is 1.96 bits per heavy atom. The fourth-order valence-electron chi connectivity index (χ4n) is 3.44. The minimum atomic E-state index is -0.528. The van der Waals surface area contributed by atoms with Crippen LogP contribution in [0.3, 0.4) is 0 Å². The third-order valence-corrected chi connectivity index (χ3v) is 4.72. The Morgan fingerprint density at radius 3 is 2.62 bits per heavy atom. The van der Waals surface area contributed by atoms with E-state index in [0.29, 0.717) is 18.8 Å². The molecule has 3 rings (SSSR count). The van der Waals surface area contributed by atoms with E-state index < -0.39 is 11.7 Å². The zero-order valence-electron chi connectivity index (χ0n) is 15.0. The van der Waals surface area contributed by atoms with E-state index in [1.807, 2.05) is 6.92 Å². The van der Waals surface area contributed by atoms with E-state index in [0.717, 1.165) is 31.8 Å². The van der Waals surface area contributed by atoms with Gasteiger partial charge in [-0.15, -0.1) is 0 Å². The van der Waals surface area contributed by atoms with Crippen LogP contribution in [0.5, 0.6) is 0 Å². The quantitative estimate of drug-likeness (QED) is 0.627. The molecular formula is C16H24N6O4. The molecule has 0 bridgehead atoms. The Bertz CT molecular complexity index is 868. The van der Waals surface area contributed by atoms with Gasteiger partial charge in [0.1, 0.15) is 11.5 Å². The first kappa shape index (κ1) is 18.2. The first-order valence-corrected chi connectivity index (χ1v) is 8.89. The minimum Gasteiger partial charge on any atom is -0.461 e. The summed E-state index contributed by atoms with van der Waals surface area (Å²) in [5.74, 6) is 0.499. The molecule has 0 aliphatic carbocycles. The van der Waals surface area contributed by atoms with E-state index in [1.54, 1.807) is 11.5 Å². The third-order valence-electron chi connectivity index (χ3n) is 4.72. The van der Waals surface area contributed by atoms with Crippen LogP contribution in [-0.2, 0) is 17.8 Å². The molecule has 142 valence electrons. The van der Waals surface area contributed by atoms with E-state index in [-0.39, 0.29) is 23.9 Å². The van der Waals surface area contributed by atoms with Crippen molar-refractivity contribution in [3.8, 4) is 0 Å². The summed E-state index contributed by atoms with van der Waals surface area (Å²) in [5, 5.41) is 6.69. The van der Waals surface area contributed by atoms with Crippen LogP contribution >= 0.6 is 0 Å². The van der Waals surface area contributed by atoms with Crippen molar-refractivity contribution < 1.29 is 9.53 Å². The molecule has 0 spiro atoms. The lowest BCUT2D eigenvalue weighted by Crippen LogP contribution is -2.34. The first-order chi connectivity index (χ1) is 12.5. The number of piperidine rings is 1. The zero-order valence-corrected chi connectivity index (χ0v) is 15.0. The number of hydrogen-bond acceptors (Lipinski definition) is 6. The second kappa shape index (κ2) is 7.73. The van der Waals surface area contributed by atoms with Gasteiger partial charge < -0.3 is 9.72 Å². The second-order valence-electron chi connectivity index (χ2n) is 6.33. The van der Waals surface area contributed by atoms with Crippen LogP contribution in [0.2, 0.25) is 0 Å². The van der Waals surface area contributed by atoms with Crippen LogP contribution in [0.25, 0.3) is 0 Å². The number of carbonyl (C=O) groups is 1. The van der Waals surface area contributed by atoms with Gasteiger partial charge >= 0.3 is 17.3 Å². The average Bonchev–Trinajstić information content (AvgIpc) is 3.18. The summed E-state index contributed by atoms with van der Waals surface area (Å²) in [6.45, 7) is 6.52. The smallest absolute Gasteiger partial charge is 0.356 e. The van der Waals surface area contributed by atoms with Crippen molar-refractivity contribution in [3.05, 3.63) is 38.2 Å². The first-order valence-electron chi connectivity index (χ1n) is 8.89. The minimum absolute atomic E-state index is 0.172. The summed E-state index contributed by atoms with van der Waals surface area (Å²) in [7, 11) is 0. The lowest BCUT2D eigenvalue weighted by molar-refractivity contribution is 0.0517. The SMILES string of the molecule is CCOC(=O)c1[nH]c(=O)[nH]c1CN1CCC(c2n[nH]c(=O)n2CC)CC1. The Hall–Kier alpha value is -2.62. The molecule has 0 radical (unpaired) electrons. The number of likely N-dealkylation sites (tertiary alicyclic amines) is 1. The molecule has 1 saturated heterocycles. The zero-order chi connectivity index (χ0) is 18.7. The Morgan fingerprint density at radius 1 is 1.23 bits per heavy atom. The normalized spacial score (nSPS) is 16.1. The molecule has 3 heterocycles. The predicted molar refractivity (Wildman–Crippen MR) is 93.1 cm³/mol. The van der Waals surface area contributed by atoms with Gasteiger partial charge in [-0.2, -0.15) is 5.10 Å². The Labute approximate surface area is 149 Å². The standard InChI is InChI=1S/C16H24N6O4/c1-3-22-13(19-20-16(22)25)10-5-7-21(8-6-10)9-11-12(14(23)26-4-2)18-15(24)17-11/h10H,3-9H2,1-2H3,(H,20,25)(H2,17,18,24). The summed E-state index contributed by atoms with van der Waals surface area (Å²) < 4.78 is 6.65. The van der Waals surface area contributed by atoms with Crippen molar-refractivity contribution in [1.82, 2.24) is 29.6 Å². The summed E-state index contributed by atoms with van der Waals surface area (Å²) in [4.78, 5) is 42.6. The highest BCUT2D eigenvalue weighted by Gasteiger charge is 2.26. The molecule has 0 aromatic carbocycles. The maximum Gasteiger partial charge on any atom is 0.356 e. The van der Waals surface area contributed by atoms with Crippen molar-refractivity contribution >= 4 is 5.97 Å². The number of rotatable bonds is 6. The average molecular weight is 364 g/mol. The van der Waals surface area contributed by atoms with E-state index in [9.17, 15) is 14.4 Å². The molecule has 1 fully saturated rings. The van der Waals surface area contributed by atoms with E-state index in [2.05, 4.69) is 25.1 Å². The van der Waals surface area contributed by atoms with E-state index >= 15 is 0 Å². The number of hydrogen-bond donors (Lipinski definition) is 3. The molecule has 0 saturated carbocycles. The van der Waals surface area contributed by atoms with E-state index in [4.69, 9.17) is 4.74 Å². The van der Waals surface area contributed by atoms with Gasteiger partial charge in [-0.3, -0.25) is 14.5 Å². The number of esters is 1. The number of aromatic amines is 3. The van der Waals surface area contributed by atoms with E-state index in [1.165, 1.54) is 0 Å². The number of carbonyl (C=O) groups excluding carboxylic acids is 1. The fourth-order valence-corrected chi connectivity index (χ4v) is 3.44. The van der Waals surface area contributed by atoms with Gasteiger partial charge in [0.2, 0.25) is 0 Å². The number of nitrogens with one attached hydrogen (secondary N) is 3. The van der Waals surface area contributed by atoms with Crippen molar-refractivity contribution in [2.45, 2.75) is 45.7 Å². The van der Waals surface area contributed by atoms with Crippen LogP contribution in [0, 0.1) is 0 Å². The van der Waals surface area contributed by atoms with Gasteiger partial charge in [-0.05, 0) is 39.8 Å². The molecular weight excluding hydrogens is 340 g/mol. The number of ether oxygens (including phenoxy) is 1. The lowest BCUT2D eigenvalue weighted by atomic mass is 9.95. The summed E-state index contributed by atoms with van der Waals surface area (Å²) in [6, 6.07) is 0. The van der Waals surface area contributed by atoms with Gasteiger partial charge in [0.25, 0.3) is 0 Å². The summed E-state index contributed by atoms with van der Waals surface area (Å²) in [5.41, 5.74) is 0.138. The fraction of sp³-hybridized carbons (Fsp3) is 0.625. The number of aromatic nitrogens is 5. The third kappa shape index (κ3) is 3.64. The molecule has 3 N–H and O–H groups in total. The summed E-state index contributed by atoms with van der Waals surface area (Å²) >= 11 is 0. The molecule has 1 aliphatic heterocycles. The molecule has 0 unspecified atom stereocenters. The van der Waals surface area contributed by atoms with Crippen molar-refractivity contribution in [2.75, 3.05) is 19.7 Å². The van der Waals surface area contributed by atoms with Gasteiger partial charge in [-0.1, -0.05) is 0 Å². The van der Waals surface area contributed by atoms with Gasteiger partial charge in [0.05, 0.1) is 12.3 Å². The number of H-pyrrole nitrogens is 3. The molecule has 0 atom stereocenters. The largest absolute Gasteiger partial charge is 0.461 e. The van der Waals surface area contributed by atoms with Crippen molar-refractivity contribution in [3.63, 3.8) is 0 Å². The van der Waals surface area contributed by atoms with Crippen LogP contribution in [0.4, 0.5) is 0 Å². The highest BCUT2D eigenvalue weighted by molar-refractivity contribution is 5.88. The predicted octanol–water partition coefficient (Wildman–Crippen LogP) is 0.164. The van der Waals surface area contributed by atoms with Crippen LogP contribution in [0.15, 0.2) is 9.59 Å². The van der Waals surface area contributed by atoms with Gasteiger partial charge in [0.15, 0.2) is 0 Å². The maximum atomic E-state index is 12.0. The highest BCUT2D eigenvalue weighted by Crippen LogP contribution is 2.26. The maximum absolute atomic E-state index is 12.0. The Balaban J connectivity index is 1.65. The molecule has 2 aromatic heterocycles. The molecule has 2 aromatic rings. The lowest BCUT2D eigenvalue weighted by Gasteiger charge is -2.31. The molecule has 10 nitrogen and oxygen atoms in total. The van der Waals surface area contributed by atoms with Crippen molar-refractivity contribution in [1.29, 1.82) is 0 Å². The molecule has 26 heavy (non-hydrogen) atoms. The number of nitrogens with zero attached hydrogens (tertiary/aromatic N) is 3. The second-order valence-corrected chi connectivity index (χ2v) is 6.33. The van der Waals surface area contributed by atoms with Crippen molar-refractivity contribution in [2.24, 2.45) is 0 Å². The summed E-state index contributed by atoms with van der Waals surface area (Å²) in [6.07, 6.45) is 1.71. The van der Waals surface area contributed by atoms with Gasteiger partial charge in [0, 0.05) is 19.0 Å². The van der Waals surface area contributed by atoms with Gasteiger partial charge in [-0.25, -0.2) is 19.5 Å².